The summed E-state index contributed by atoms with van der Waals surface area (Å²) in [7, 11) is 0. The number of carboxylic acid groups (broad SMARTS) is 1. The number of carboxylic acids is 1. The Morgan fingerprint density at radius 1 is 1.26 bits per heavy atom. The molecule has 1 aromatic heterocycles. The zero-order valence-corrected chi connectivity index (χ0v) is 11.7. The summed E-state index contributed by atoms with van der Waals surface area (Å²) in [6, 6.07) is 0. The van der Waals surface area contributed by atoms with Crippen molar-refractivity contribution in [1.29, 1.82) is 0 Å². The van der Waals surface area contributed by atoms with Crippen LogP contribution in [0.3, 0.4) is 0 Å². The molecule has 1 heterocycles. The van der Waals surface area contributed by atoms with Crippen LogP contribution in [0.15, 0.2) is 0 Å². The van der Waals surface area contributed by atoms with Crippen molar-refractivity contribution >= 4 is 22.6 Å². The van der Waals surface area contributed by atoms with Crippen LogP contribution < -0.4 is 5.32 Å². The molecule has 3 rings (SSSR count). The van der Waals surface area contributed by atoms with E-state index in [0.29, 0.717) is 23.9 Å². The number of nitrogens with one attached hydrogen (secondary N) is 1. The van der Waals surface area contributed by atoms with Crippen molar-refractivity contribution in [3.05, 3.63) is 5.82 Å². The Hall–Kier alpha value is -1.17. The molecule has 6 heteroatoms. The Morgan fingerprint density at radius 2 is 1.95 bits per heavy atom. The molecule has 2 fully saturated rings. The van der Waals surface area contributed by atoms with Gasteiger partial charge in [-0.2, -0.15) is 4.37 Å². The van der Waals surface area contributed by atoms with Crippen LogP contribution in [0.4, 0.5) is 5.13 Å². The number of hydrogen-bond donors (Lipinski definition) is 2. The number of nitrogens with zero attached hydrogens (tertiary/aromatic N) is 2. The summed E-state index contributed by atoms with van der Waals surface area (Å²) in [5.41, 5.74) is -0.836. The molecule has 19 heavy (non-hydrogen) atoms. The number of aromatic nitrogens is 2. The van der Waals surface area contributed by atoms with Crippen LogP contribution in [0.2, 0.25) is 0 Å². The van der Waals surface area contributed by atoms with Gasteiger partial charge in [0.25, 0.3) is 0 Å². The average molecular weight is 281 g/mol. The van der Waals surface area contributed by atoms with Crippen molar-refractivity contribution < 1.29 is 9.90 Å². The number of aliphatic carboxylic acids is 1. The highest BCUT2D eigenvalue weighted by atomic mass is 32.1. The minimum atomic E-state index is -0.836. The minimum Gasteiger partial charge on any atom is -0.480 e. The lowest BCUT2D eigenvalue weighted by molar-refractivity contribution is -0.142. The van der Waals surface area contributed by atoms with Crippen molar-refractivity contribution in [3.63, 3.8) is 0 Å². The van der Waals surface area contributed by atoms with E-state index < -0.39 is 11.5 Å². The largest absolute Gasteiger partial charge is 0.480 e. The molecule has 0 radical (unpaired) electrons. The molecule has 0 atom stereocenters. The number of carbonyl (C=O) groups is 1. The van der Waals surface area contributed by atoms with Crippen molar-refractivity contribution in [1.82, 2.24) is 9.36 Å². The van der Waals surface area contributed by atoms with E-state index in [-0.39, 0.29) is 0 Å². The number of anilines is 1. The molecule has 0 amide bonds. The molecule has 2 N–H and O–H groups in total. The smallest absolute Gasteiger partial charge is 0.329 e. The van der Waals surface area contributed by atoms with Crippen molar-refractivity contribution in [2.45, 2.75) is 62.8 Å². The fourth-order valence-corrected chi connectivity index (χ4v) is 3.47. The highest BCUT2D eigenvalue weighted by Gasteiger charge is 2.39. The molecule has 2 aliphatic carbocycles. The standard InChI is InChI=1S/C13H19N3O2S/c17-11(18)13(7-3-1-2-4-8-13)15-12-14-10(16-19-12)9-5-6-9/h9H,1-8H2,(H,17,18)(H,14,15,16). The summed E-state index contributed by atoms with van der Waals surface area (Å²) in [5, 5.41) is 13.5. The van der Waals surface area contributed by atoms with Crippen LogP contribution >= 0.6 is 11.5 Å². The summed E-state index contributed by atoms with van der Waals surface area (Å²) in [6.45, 7) is 0. The first kappa shape index (κ1) is 12.8. The van der Waals surface area contributed by atoms with Crippen molar-refractivity contribution in [2.75, 3.05) is 5.32 Å². The first-order valence-corrected chi connectivity index (χ1v) is 7.82. The van der Waals surface area contributed by atoms with Gasteiger partial charge < -0.3 is 10.4 Å². The topological polar surface area (TPSA) is 75.1 Å². The molecule has 0 bridgehead atoms. The Bertz CT molecular complexity index is 462. The summed E-state index contributed by atoms with van der Waals surface area (Å²) in [6.07, 6.45) is 7.88. The lowest BCUT2D eigenvalue weighted by atomic mass is 9.90. The van der Waals surface area contributed by atoms with Gasteiger partial charge in [-0.1, -0.05) is 25.7 Å². The second-order valence-corrected chi connectivity index (χ2v) is 6.41. The van der Waals surface area contributed by atoms with Gasteiger partial charge in [0.2, 0.25) is 5.13 Å². The van der Waals surface area contributed by atoms with Gasteiger partial charge in [-0.25, -0.2) is 9.78 Å². The third-order valence-corrected chi connectivity index (χ3v) is 4.74. The fourth-order valence-electron chi connectivity index (χ4n) is 2.72. The van der Waals surface area contributed by atoms with E-state index in [1.807, 2.05) is 0 Å². The van der Waals surface area contributed by atoms with Gasteiger partial charge in [-0.3, -0.25) is 0 Å². The summed E-state index contributed by atoms with van der Waals surface area (Å²) < 4.78 is 4.33. The Labute approximate surface area is 116 Å². The van der Waals surface area contributed by atoms with Crippen LogP contribution in [0, 0.1) is 0 Å². The molecule has 0 aromatic carbocycles. The quantitative estimate of drug-likeness (QED) is 0.830. The molecule has 0 unspecified atom stereocenters. The van der Waals surface area contributed by atoms with Crippen molar-refractivity contribution in [2.24, 2.45) is 0 Å². The second-order valence-electron chi connectivity index (χ2n) is 5.66. The first-order valence-electron chi connectivity index (χ1n) is 7.05. The molecule has 2 saturated carbocycles. The van der Waals surface area contributed by atoms with Gasteiger partial charge in [-0.05, 0) is 25.7 Å². The molecule has 0 saturated heterocycles. The maximum atomic E-state index is 11.7. The number of rotatable bonds is 4. The normalized spacial score (nSPS) is 22.7. The third kappa shape index (κ3) is 2.73. The molecular weight excluding hydrogens is 262 g/mol. The van der Waals surface area contributed by atoms with Gasteiger partial charge in [-0.15, -0.1) is 0 Å². The van der Waals surface area contributed by atoms with Gasteiger partial charge in [0.15, 0.2) is 0 Å². The van der Waals surface area contributed by atoms with Gasteiger partial charge in [0.1, 0.15) is 11.4 Å². The Kier molecular flexibility index (Phi) is 3.43. The molecule has 0 spiro atoms. The summed E-state index contributed by atoms with van der Waals surface area (Å²) >= 11 is 1.30. The molecule has 0 aliphatic heterocycles. The van der Waals surface area contributed by atoms with Crippen molar-refractivity contribution in [3.8, 4) is 0 Å². The maximum absolute atomic E-state index is 11.7. The SMILES string of the molecule is O=C(O)C1(Nc2nc(C3CC3)ns2)CCCCCC1. The zero-order valence-electron chi connectivity index (χ0n) is 10.9. The van der Waals surface area contributed by atoms with Gasteiger partial charge >= 0.3 is 5.97 Å². The molecule has 104 valence electrons. The van der Waals surface area contributed by atoms with E-state index in [1.54, 1.807) is 0 Å². The third-order valence-electron chi connectivity index (χ3n) is 4.10. The highest BCUT2D eigenvalue weighted by molar-refractivity contribution is 7.09. The predicted octanol–water partition coefficient (Wildman–Crippen LogP) is 3.01. The van der Waals surface area contributed by atoms with E-state index in [9.17, 15) is 9.90 Å². The van der Waals surface area contributed by atoms with E-state index in [4.69, 9.17) is 0 Å². The predicted molar refractivity (Wildman–Crippen MR) is 73.6 cm³/mol. The van der Waals surface area contributed by atoms with E-state index in [0.717, 1.165) is 31.5 Å². The zero-order chi connectivity index (χ0) is 13.3. The average Bonchev–Trinajstić information content (AvgIpc) is 3.16. The van der Waals surface area contributed by atoms with Crippen LogP contribution in [0.25, 0.3) is 0 Å². The summed E-state index contributed by atoms with van der Waals surface area (Å²) in [4.78, 5) is 16.1. The Balaban J connectivity index is 1.77. The fraction of sp³-hybridized carbons (Fsp3) is 0.769. The number of hydrogen-bond acceptors (Lipinski definition) is 5. The van der Waals surface area contributed by atoms with E-state index in [1.165, 1.54) is 24.4 Å². The molecular formula is C13H19N3O2S. The van der Waals surface area contributed by atoms with Gasteiger partial charge in [0, 0.05) is 17.5 Å². The summed E-state index contributed by atoms with van der Waals surface area (Å²) in [5.74, 6) is 0.654. The minimum absolute atomic E-state index is 0.515. The lowest BCUT2D eigenvalue weighted by Gasteiger charge is -2.28. The van der Waals surface area contributed by atoms with Gasteiger partial charge in [0.05, 0.1) is 0 Å². The first-order chi connectivity index (χ1) is 9.20. The van der Waals surface area contributed by atoms with Crippen LogP contribution in [-0.4, -0.2) is 26.0 Å². The van der Waals surface area contributed by atoms with E-state index >= 15 is 0 Å². The lowest BCUT2D eigenvalue weighted by Crippen LogP contribution is -2.46. The molecule has 2 aliphatic rings. The van der Waals surface area contributed by atoms with Crippen LogP contribution in [0.1, 0.15) is 63.1 Å². The van der Waals surface area contributed by atoms with Crippen LogP contribution in [-0.2, 0) is 4.79 Å². The molecule has 1 aromatic rings. The highest BCUT2D eigenvalue weighted by Crippen LogP contribution is 2.40. The van der Waals surface area contributed by atoms with E-state index in [2.05, 4.69) is 14.7 Å². The Morgan fingerprint density at radius 3 is 2.53 bits per heavy atom. The maximum Gasteiger partial charge on any atom is 0.329 e. The molecule has 5 nitrogen and oxygen atoms in total. The van der Waals surface area contributed by atoms with Crippen LogP contribution in [0.5, 0.6) is 0 Å². The monoisotopic (exact) mass is 281 g/mol. The second kappa shape index (κ2) is 5.07.